The first-order valence-corrected chi connectivity index (χ1v) is 6.68. The Balaban J connectivity index is 2.16. The monoisotopic (exact) mass is 248 g/mol. The molecule has 1 aromatic carbocycles. The largest absolute Gasteiger partial charge is 0.373 e. The van der Waals surface area contributed by atoms with Crippen LogP contribution in [0.25, 0.3) is 0 Å². The molecule has 0 aliphatic carbocycles. The van der Waals surface area contributed by atoms with Gasteiger partial charge in [-0.05, 0) is 29.4 Å². The number of hydrogen-bond acceptors (Lipinski definition) is 3. The van der Waals surface area contributed by atoms with Crippen LogP contribution in [-0.2, 0) is 11.2 Å². The second-order valence-corrected chi connectivity index (χ2v) is 6.13. The van der Waals surface area contributed by atoms with Gasteiger partial charge in [-0.1, -0.05) is 45.0 Å². The van der Waals surface area contributed by atoms with Crippen LogP contribution in [0.3, 0.4) is 0 Å². The van der Waals surface area contributed by atoms with Gasteiger partial charge >= 0.3 is 0 Å². The third-order valence-electron chi connectivity index (χ3n) is 3.79. The topological polar surface area (TPSA) is 47.3 Å². The molecule has 2 rings (SSSR count). The fourth-order valence-electron chi connectivity index (χ4n) is 2.56. The molecule has 18 heavy (non-hydrogen) atoms. The van der Waals surface area contributed by atoms with Gasteiger partial charge in [0.1, 0.15) is 0 Å². The molecule has 1 heterocycles. The molecule has 0 spiro atoms. The molecule has 3 heteroatoms. The maximum Gasteiger partial charge on any atom is 0.0843 e. The van der Waals surface area contributed by atoms with Crippen LogP contribution in [0.15, 0.2) is 24.3 Å². The lowest BCUT2D eigenvalue weighted by Crippen LogP contribution is -2.45. The zero-order valence-electron chi connectivity index (χ0n) is 11.6. The molecule has 0 saturated heterocycles. The lowest BCUT2D eigenvalue weighted by atomic mass is 9.82. The summed E-state index contributed by atoms with van der Waals surface area (Å²) in [4.78, 5) is 0. The van der Waals surface area contributed by atoms with Crippen molar-refractivity contribution < 1.29 is 4.74 Å². The van der Waals surface area contributed by atoms with Crippen molar-refractivity contribution in [3.05, 3.63) is 35.4 Å². The molecule has 0 bridgehead atoms. The van der Waals surface area contributed by atoms with E-state index in [1.165, 1.54) is 11.1 Å². The zero-order chi connectivity index (χ0) is 13.2. The molecule has 1 aliphatic heterocycles. The molecule has 3 nitrogen and oxygen atoms in total. The van der Waals surface area contributed by atoms with Crippen LogP contribution in [0.2, 0.25) is 0 Å². The van der Waals surface area contributed by atoms with Gasteiger partial charge in [0.05, 0.1) is 12.7 Å². The van der Waals surface area contributed by atoms with Crippen LogP contribution in [-0.4, -0.2) is 12.6 Å². The highest BCUT2D eigenvalue weighted by Gasteiger charge is 2.29. The van der Waals surface area contributed by atoms with Crippen molar-refractivity contribution in [2.45, 2.75) is 45.8 Å². The summed E-state index contributed by atoms with van der Waals surface area (Å²) in [6, 6.07) is 8.81. The second kappa shape index (κ2) is 5.39. The molecule has 2 unspecified atom stereocenters. The van der Waals surface area contributed by atoms with E-state index in [2.05, 4.69) is 50.5 Å². The normalized spacial score (nSPS) is 21.4. The van der Waals surface area contributed by atoms with Crippen molar-refractivity contribution >= 4 is 0 Å². The van der Waals surface area contributed by atoms with E-state index in [4.69, 9.17) is 10.6 Å². The number of fused-ring (bicyclic) bond motifs is 1. The number of nitrogens with one attached hydrogen (secondary N) is 1. The average molecular weight is 248 g/mol. The number of nitrogens with two attached hydrogens (primary N) is 1. The predicted molar refractivity (Wildman–Crippen MR) is 74.0 cm³/mol. The quantitative estimate of drug-likeness (QED) is 0.638. The van der Waals surface area contributed by atoms with Crippen molar-refractivity contribution in [1.82, 2.24) is 5.43 Å². The number of rotatable bonds is 3. The smallest absolute Gasteiger partial charge is 0.0843 e. The van der Waals surface area contributed by atoms with Gasteiger partial charge in [-0.15, -0.1) is 0 Å². The van der Waals surface area contributed by atoms with Gasteiger partial charge in [-0.3, -0.25) is 11.3 Å². The molecule has 1 aliphatic rings. The van der Waals surface area contributed by atoms with Crippen LogP contribution in [0.1, 0.15) is 44.4 Å². The summed E-state index contributed by atoms with van der Waals surface area (Å²) >= 11 is 0. The summed E-state index contributed by atoms with van der Waals surface area (Å²) in [6.07, 6.45) is 2.09. The number of hydrogen-bond donors (Lipinski definition) is 2. The minimum atomic E-state index is 0.129. The summed E-state index contributed by atoms with van der Waals surface area (Å²) < 4.78 is 5.94. The molecule has 100 valence electrons. The van der Waals surface area contributed by atoms with E-state index in [9.17, 15) is 0 Å². The summed E-state index contributed by atoms with van der Waals surface area (Å²) in [7, 11) is 0. The fraction of sp³-hybridized carbons (Fsp3) is 0.600. The lowest BCUT2D eigenvalue weighted by Gasteiger charge is -2.35. The Morgan fingerprint density at radius 2 is 2.11 bits per heavy atom. The van der Waals surface area contributed by atoms with Crippen LogP contribution >= 0.6 is 0 Å². The Morgan fingerprint density at radius 3 is 2.78 bits per heavy atom. The van der Waals surface area contributed by atoms with E-state index in [1.54, 1.807) is 0 Å². The number of hydrazine groups is 1. The zero-order valence-corrected chi connectivity index (χ0v) is 11.6. The minimum absolute atomic E-state index is 0.129. The van der Waals surface area contributed by atoms with Gasteiger partial charge in [0.15, 0.2) is 0 Å². The van der Waals surface area contributed by atoms with E-state index < -0.39 is 0 Å². The Labute approximate surface area is 110 Å². The van der Waals surface area contributed by atoms with E-state index in [0.717, 1.165) is 19.4 Å². The molecular formula is C15H24N2O. The Hall–Kier alpha value is -0.900. The van der Waals surface area contributed by atoms with E-state index in [1.807, 2.05) is 0 Å². The van der Waals surface area contributed by atoms with E-state index in [0.29, 0.717) is 0 Å². The molecule has 0 fully saturated rings. The minimum Gasteiger partial charge on any atom is -0.373 e. The van der Waals surface area contributed by atoms with Crippen molar-refractivity contribution in [2.75, 3.05) is 6.61 Å². The molecule has 1 aromatic rings. The molecular weight excluding hydrogens is 224 g/mol. The average Bonchev–Trinajstić information content (AvgIpc) is 2.34. The highest BCUT2D eigenvalue weighted by atomic mass is 16.5. The fourth-order valence-corrected chi connectivity index (χ4v) is 2.56. The first kappa shape index (κ1) is 13.5. The standard InChI is InChI=1S/C15H24N2O/c1-15(2,3)14(17-16)10-13-12-7-5-4-6-11(12)8-9-18-13/h4-7,13-14,17H,8-10,16H2,1-3H3. The van der Waals surface area contributed by atoms with Crippen molar-refractivity contribution in [3.63, 3.8) is 0 Å². The first-order chi connectivity index (χ1) is 8.52. The van der Waals surface area contributed by atoms with E-state index >= 15 is 0 Å². The third kappa shape index (κ3) is 2.91. The third-order valence-corrected chi connectivity index (χ3v) is 3.79. The summed E-state index contributed by atoms with van der Waals surface area (Å²) in [5, 5.41) is 0. The van der Waals surface area contributed by atoms with Gasteiger partial charge in [-0.2, -0.15) is 0 Å². The maximum absolute atomic E-state index is 5.94. The summed E-state index contributed by atoms with van der Waals surface area (Å²) in [6.45, 7) is 7.41. The molecule has 3 N–H and O–H groups in total. The molecule has 0 saturated carbocycles. The Morgan fingerprint density at radius 1 is 1.39 bits per heavy atom. The van der Waals surface area contributed by atoms with Gasteiger partial charge in [0, 0.05) is 6.04 Å². The lowest BCUT2D eigenvalue weighted by molar-refractivity contribution is 0.0191. The van der Waals surface area contributed by atoms with Crippen molar-refractivity contribution in [2.24, 2.45) is 11.3 Å². The highest BCUT2D eigenvalue weighted by molar-refractivity contribution is 5.31. The summed E-state index contributed by atoms with van der Waals surface area (Å²) in [5.74, 6) is 5.69. The van der Waals surface area contributed by atoms with Crippen LogP contribution in [0, 0.1) is 5.41 Å². The van der Waals surface area contributed by atoms with Gasteiger partial charge < -0.3 is 4.74 Å². The summed E-state index contributed by atoms with van der Waals surface area (Å²) in [5.41, 5.74) is 5.81. The van der Waals surface area contributed by atoms with E-state index in [-0.39, 0.29) is 17.6 Å². The Bertz CT molecular complexity index is 398. The molecule has 2 atom stereocenters. The van der Waals surface area contributed by atoms with Crippen molar-refractivity contribution in [3.8, 4) is 0 Å². The second-order valence-electron chi connectivity index (χ2n) is 6.13. The number of benzene rings is 1. The van der Waals surface area contributed by atoms with Gasteiger partial charge in [-0.25, -0.2) is 0 Å². The van der Waals surface area contributed by atoms with Gasteiger partial charge in [0.25, 0.3) is 0 Å². The Kier molecular flexibility index (Phi) is 4.05. The molecule has 0 aromatic heterocycles. The molecule has 0 amide bonds. The van der Waals surface area contributed by atoms with Crippen molar-refractivity contribution in [1.29, 1.82) is 0 Å². The molecule has 0 radical (unpaired) electrons. The van der Waals surface area contributed by atoms with Gasteiger partial charge in [0.2, 0.25) is 0 Å². The predicted octanol–water partition coefficient (Wildman–Crippen LogP) is 2.57. The SMILES string of the molecule is CC(C)(C)C(CC1OCCc2ccccc21)NN. The van der Waals surface area contributed by atoms with Crippen LogP contribution in [0.5, 0.6) is 0 Å². The van der Waals surface area contributed by atoms with Crippen LogP contribution in [0.4, 0.5) is 0 Å². The van der Waals surface area contributed by atoms with Crippen LogP contribution < -0.4 is 11.3 Å². The number of ether oxygens (including phenoxy) is 1. The first-order valence-electron chi connectivity index (χ1n) is 6.68. The highest BCUT2D eigenvalue weighted by Crippen LogP contribution is 2.34. The maximum atomic E-state index is 5.94.